The molecule has 2 aromatic heterocycles. The van der Waals surface area contributed by atoms with E-state index in [9.17, 15) is 9.18 Å². The van der Waals surface area contributed by atoms with Gasteiger partial charge in [-0.25, -0.2) is 4.39 Å². The lowest BCUT2D eigenvalue weighted by Crippen LogP contribution is -2.51. The second-order valence-electron chi connectivity index (χ2n) is 7.62. The number of benzene rings is 1. The molecule has 0 aliphatic carbocycles. The van der Waals surface area contributed by atoms with E-state index in [4.69, 9.17) is 4.74 Å². The molecule has 0 radical (unpaired) electrons. The van der Waals surface area contributed by atoms with E-state index in [0.717, 1.165) is 24.3 Å². The number of likely N-dealkylation sites (tertiary alicyclic amines) is 1. The molecule has 1 aliphatic heterocycles. The maximum atomic E-state index is 13.1. The molecule has 0 spiro atoms. The highest BCUT2D eigenvalue weighted by molar-refractivity contribution is 5.85. The number of carbonyl (C=O) groups excluding carboxylic acids is 1. The molecule has 28 heavy (non-hydrogen) atoms. The number of fused-ring (bicyclic) bond motifs is 1. The Morgan fingerprint density at radius 1 is 1.11 bits per heavy atom. The summed E-state index contributed by atoms with van der Waals surface area (Å²) in [6, 6.07) is 11.6. The van der Waals surface area contributed by atoms with Gasteiger partial charge in [-0.3, -0.25) is 9.20 Å². The highest BCUT2D eigenvalue weighted by Crippen LogP contribution is 2.29. The average Bonchev–Trinajstić information content (AvgIpc) is 3.13. The number of hydrogen-bond acceptors (Lipinski definition) is 4. The fourth-order valence-electron chi connectivity index (χ4n) is 3.70. The standard InChI is InChI=1S/C21H23FN4O2/c1-21(2,28-17-8-6-16(22)7-9-17)20(27)25-13-10-15(11-14-25)19-24-23-18-5-3-4-12-26(18)19/h3-9,12,15H,10-11,13-14H2,1-2H3. The van der Waals surface area contributed by atoms with Gasteiger partial charge in [0.2, 0.25) is 0 Å². The minimum Gasteiger partial charge on any atom is -0.478 e. The van der Waals surface area contributed by atoms with E-state index < -0.39 is 5.60 Å². The number of rotatable bonds is 4. The number of amides is 1. The summed E-state index contributed by atoms with van der Waals surface area (Å²) in [5.41, 5.74) is -0.184. The Kier molecular flexibility index (Phi) is 4.75. The molecular weight excluding hydrogens is 359 g/mol. The van der Waals surface area contributed by atoms with E-state index >= 15 is 0 Å². The average molecular weight is 382 g/mol. The van der Waals surface area contributed by atoms with Crippen molar-refractivity contribution in [2.24, 2.45) is 0 Å². The number of aromatic nitrogens is 3. The zero-order chi connectivity index (χ0) is 19.7. The predicted molar refractivity (Wildman–Crippen MR) is 103 cm³/mol. The Morgan fingerprint density at radius 3 is 2.54 bits per heavy atom. The van der Waals surface area contributed by atoms with Gasteiger partial charge in [0.25, 0.3) is 5.91 Å². The number of piperidine rings is 1. The molecule has 1 amide bonds. The van der Waals surface area contributed by atoms with Crippen molar-refractivity contribution >= 4 is 11.6 Å². The first-order valence-electron chi connectivity index (χ1n) is 9.48. The SMILES string of the molecule is CC(C)(Oc1ccc(F)cc1)C(=O)N1CCC(c2nnc3ccccn23)CC1. The van der Waals surface area contributed by atoms with Crippen molar-refractivity contribution in [1.29, 1.82) is 0 Å². The predicted octanol–water partition coefficient (Wildman–Crippen LogP) is 3.43. The largest absolute Gasteiger partial charge is 0.478 e. The monoisotopic (exact) mass is 382 g/mol. The van der Waals surface area contributed by atoms with Crippen LogP contribution in [0.5, 0.6) is 5.75 Å². The molecule has 0 atom stereocenters. The Hall–Kier alpha value is -2.96. The fraction of sp³-hybridized carbons (Fsp3) is 0.381. The summed E-state index contributed by atoms with van der Waals surface area (Å²) in [7, 11) is 0. The summed E-state index contributed by atoms with van der Waals surface area (Å²) >= 11 is 0. The summed E-state index contributed by atoms with van der Waals surface area (Å²) in [4.78, 5) is 14.8. The van der Waals surface area contributed by atoms with Gasteiger partial charge in [0, 0.05) is 25.2 Å². The summed E-state index contributed by atoms with van der Waals surface area (Å²) in [5, 5.41) is 8.58. The second-order valence-corrected chi connectivity index (χ2v) is 7.62. The van der Waals surface area contributed by atoms with Crippen molar-refractivity contribution in [3.05, 3.63) is 60.3 Å². The Bertz CT molecular complexity index is 975. The topological polar surface area (TPSA) is 59.7 Å². The third kappa shape index (κ3) is 3.56. The van der Waals surface area contributed by atoms with Crippen LogP contribution in [0.25, 0.3) is 5.65 Å². The molecule has 0 bridgehead atoms. The van der Waals surface area contributed by atoms with Crippen LogP contribution in [0.15, 0.2) is 48.7 Å². The van der Waals surface area contributed by atoms with Gasteiger partial charge >= 0.3 is 0 Å². The van der Waals surface area contributed by atoms with Crippen LogP contribution >= 0.6 is 0 Å². The van der Waals surface area contributed by atoms with Gasteiger partial charge in [0.1, 0.15) is 17.4 Å². The molecular formula is C21H23FN4O2. The van der Waals surface area contributed by atoms with Crippen LogP contribution in [-0.2, 0) is 4.79 Å². The summed E-state index contributed by atoms with van der Waals surface area (Å²) in [5.74, 6) is 1.29. The number of hydrogen-bond donors (Lipinski definition) is 0. The van der Waals surface area contributed by atoms with Crippen LogP contribution < -0.4 is 4.74 Å². The lowest BCUT2D eigenvalue weighted by atomic mass is 9.94. The van der Waals surface area contributed by atoms with Crippen LogP contribution in [0.2, 0.25) is 0 Å². The van der Waals surface area contributed by atoms with Crippen molar-refractivity contribution < 1.29 is 13.9 Å². The summed E-state index contributed by atoms with van der Waals surface area (Å²) in [6.07, 6.45) is 3.63. The fourth-order valence-corrected chi connectivity index (χ4v) is 3.70. The minimum absolute atomic E-state index is 0.0682. The van der Waals surface area contributed by atoms with E-state index in [1.807, 2.05) is 33.7 Å². The molecule has 0 unspecified atom stereocenters. The molecule has 1 aliphatic rings. The number of halogens is 1. The smallest absolute Gasteiger partial charge is 0.266 e. The normalized spacial score (nSPS) is 15.8. The third-order valence-corrected chi connectivity index (χ3v) is 5.19. The van der Waals surface area contributed by atoms with Gasteiger partial charge in [0.15, 0.2) is 11.2 Å². The first-order valence-corrected chi connectivity index (χ1v) is 9.48. The first kappa shape index (κ1) is 18.4. The highest BCUT2D eigenvalue weighted by Gasteiger charge is 2.36. The van der Waals surface area contributed by atoms with Crippen LogP contribution in [-0.4, -0.2) is 44.1 Å². The maximum Gasteiger partial charge on any atom is 0.266 e. The number of pyridine rings is 1. The lowest BCUT2D eigenvalue weighted by Gasteiger charge is -2.36. The highest BCUT2D eigenvalue weighted by atomic mass is 19.1. The number of ether oxygens (including phenoxy) is 1. The first-order chi connectivity index (χ1) is 13.4. The molecule has 0 N–H and O–H groups in total. The van der Waals surface area contributed by atoms with Crippen molar-refractivity contribution in [3.63, 3.8) is 0 Å². The molecule has 4 rings (SSSR count). The molecule has 3 heterocycles. The van der Waals surface area contributed by atoms with E-state index in [-0.39, 0.29) is 17.6 Å². The molecule has 0 saturated carbocycles. The summed E-state index contributed by atoms with van der Waals surface area (Å²) < 4.78 is 20.9. The van der Waals surface area contributed by atoms with Crippen LogP contribution in [0.1, 0.15) is 38.4 Å². The van der Waals surface area contributed by atoms with Crippen molar-refractivity contribution in [2.45, 2.75) is 38.2 Å². The second kappa shape index (κ2) is 7.22. The molecule has 1 fully saturated rings. The molecule has 146 valence electrons. The number of carbonyl (C=O) groups is 1. The molecule has 6 nitrogen and oxygen atoms in total. The van der Waals surface area contributed by atoms with Gasteiger partial charge in [-0.1, -0.05) is 6.07 Å². The molecule has 7 heteroatoms. The quantitative estimate of drug-likeness (QED) is 0.694. The Labute approximate surface area is 162 Å². The van der Waals surface area contributed by atoms with Crippen molar-refractivity contribution in [1.82, 2.24) is 19.5 Å². The zero-order valence-corrected chi connectivity index (χ0v) is 16.0. The minimum atomic E-state index is -1.02. The van der Waals surface area contributed by atoms with Gasteiger partial charge < -0.3 is 9.64 Å². The zero-order valence-electron chi connectivity index (χ0n) is 16.0. The van der Waals surface area contributed by atoms with Crippen LogP contribution in [0.4, 0.5) is 4.39 Å². The van der Waals surface area contributed by atoms with Crippen LogP contribution in [0, 0.1) is 5.82 Å². The molecule has 3 aromatic rings. The van der Waals surface area contributed by atoms with E-state index in [1.165, 1.54) is 24.3 Å². The maximum absolute atomic E-state index is 13.1. The van der Waals surface area contributed by atoms with Crippen LogP contribution in [0.3, 0.4) is 0 Å². The Balaban J connectivity index is 1.41. The molecule has 1 saturated heterocycles. The van der Waals surface area contributed by atoms with Gasteiger partial charge in [-0.05, 0) is 63.1 Å². The van der Waals surface area contributed by atoms with Crippen molar-refractivity contribution in [3.8, 4) is 5.75 Å². The van der Waals surface area contributed by atoms with Crippen molar-refractivity contribution in [2.75, 3.05) is 13.1 Å². The van der Waals surface area contributed by atoms with E-state index in [0.29, 0.717) is 18.8 Å². The Morgan fingerprint density at radius 2 is 1.82 bits per heavy atom. The van der Waals surface area contributed by atoms with E-state index in [1.54, 1.807) is 13.8 Å². The van der Waals surface area contributed by atoms with Gasteiger partial charge in [0.05, 0.1) is 0 Å². The third-order valence-electron chi connectivity index (χ3n) is 5.19. The van der Waals surface area contributed by atoms with E-state index in [2.05, 4.69) is 10.2 Å². The summed E-state index contributed by atoms with van der Waals surface area (Å²) in [6.45, 7) is 4.77. The van der Waals surface area contributed by atoms with Gasteiger partial charge in [-0.2, -0.15) is 0 Å². The number of nitrogens with zero attached hydrogens (tertiary/aromatic N) is 4. The molecule has 1 aromatic carbocycles. The van der Waals surface area contributed by atoms with Gasteiger partial charge in [-0.15, -0.1) is 10.2 Å². The lowest BCUT2D eigenvalue weighted by molar-refractivity contribution is -0.146.